The normalized spacial score (nSPS) is 22.3. The van der Waals surface area contributed by atoms with Crippen LogP contribution in [0.15, 0.2) is 30.3 Å². The molecule has 1 amide bonds. The van der Waals surface area contributed by atoms with Crippen LogP contribution in [0.1, 0.15) is 51.5 Å². The van der Waals surface area contributed by atoms with E-state index in [9.17, 15) is 14.7 Å². The average Bonchev–Trinajstić information content (AvgIpc) is 2.59. The molecule has 1 N–H and O–H groups in total. The second-order valence-corrected chi connectivity index (χ2v) is 6.61. The molecule has 4 nitrogen and oxygen atoms in total. The number of carbonyl (C=O) groups is 2. The van der Waals surface area contributed by atoms with Crippen molar-refractivity contribution in [3.05, 3.63) is 35.9 Å². The van der Waals surface area contributed by atoms with Gasteiger partial charge in [-0.05, 0) is 38.2 Å². The number of carboxylic acids is 1. The maximum absolute atomic E-state index is 13.0. The number of carbonyl (C=O) groups excluding carboxylic acids is 1. The Balaban J connectivity index is 2.11. The highest BCUT2D eigenvalue weighted by Gasteiger charge is 2.34. The molecular weight excluding hydrogens is 290 g/mol. The first-order valence-corrected chi connectivity index (χ1v) is 8.60. The summed E-state index contributed by atoms with van der Waals surface area (Å²) in [5, 5.41) is 9.24. The van der Waals surface area contributed by atoms with Crippen molar-refractivity contribution >= 4 is 11.9 Å². The molecule has 1 aromatic carbocycles. The SMILES string of the molecule is CCC(C)N(Cc1ccccc1)C(=O)C1CCCC(C(=O)O)C1. The highest BCUT2D eigenvalue weighted by molar-refractivity contribution is 5.80. The Morgan fingerprint density at radius 2 is 1.87 bits per heavy atom. The molecule has 0 heterocycles. The monoisotopic (exact) mass is 317 g/mol. The van der Waals surface area contributed by atoms with E-state index in [0.29, 0.717) is 19.4 Å². The van der Waals surface area contributed by atoms with Crippen LogP contribution >= 0.6 is 0 Å². The van der Waals surface area contributed by atoms with E-state index in [4.69, 9.17) is 0 Å². The number of benzene rings is 1. The Bertz CT molecular complexity index is 529. The number of aliphatic carboxylic acids is 1. The van der Waals surface area contributed by atoms with Gasteiger partial charge in [0.25, 0.3) is 0 Å². The molecule has 4 heteroatoms. The first kappa shape index (κ1) is 17.5. The van der Waals surface area contributed by atoms with Crippen LogP contribution in [0.3, 0.4) is 0 Å². The van der Waals surface area contributed by atoms with Crippen LogP contribution in [-0.4, -0.2) is 27.9 Å². The van der Waals surface area contributed by atoms with Crippen molar-refractivity contribution in [2.45, 2.75) is 58.5 Å². The van der Waals surface area contributed by atoms with Crippen LogP contribution < -0.4 is 0 Å². The van der Waals surface area contributed by atoms with E-state index in [0.717, 1.165) is 24.8 Å². The highest BCUT2D eigenvalue weighted by atomic mass is 16.4. The number of amides is 1. The van der Waals surface area contributed by atoms with E-state index in [-0.39, 0.29) is 23.8 Å². The molecule has 1 aliphatic carbocycles. The zero-order chi connectivity index (χ0) is 16.8. The molecule has 0 aromatic heterocycles. The molecule has 0 radical (unpaired) electrons. The Hall–Kier alpha value is -1.84. The third-order valence-electron chi connectivity index (χ3n) is 4.97. The summed E-state index contributed by atoms with van der Waals surface area (Å²) < 4.78 is 0. The fraction of sp³-hybridized carbons (Fsp3) is 0.579. The lowest BCUT2D eigenvalue weighted by molar-refractivity contribution is -0.146. The van der Waals surface area contributed by atoms with Crippen LogP contribution in [0.5, 0.6) is 0 Å². The van der Waals surface area contributed by atoms with Crippen LogP contribution in [0.25, 0.3) is 0 Å². The summed E-state index contributed by atoms with van der Waals surface area (Å²) in [4.78, 5) is 26.2. The lowest BCUT2D eigenvalue weighted by Gasteiger charge is -2.35. The lowest BCUT2D eigenvalue weighted by Crippen LogP contribution is -2.43. The summed E-state index contributed by atoms with van der Waals surface area (Å²) in [6.45, 7) is 4.75. The third-order valence-corrected chi connectivity index (χ3v) is 4.97. The summed E-state index contributed by atoms with van der Waals surface area (Å²) in [6, 6.07) is 10.2. The molecule has 0 bridgehead atoms. The Morgan fingerprint density at radius 1 is 1.22 bits per heavy atom. The molecule has 0 spiro atoms. The Morgan fingerprint density at radius 3 is 2.48 bits per heavy atom. The van der Waals surface area contributed by atoms with Gasteiger partial charge in [0.1, 0.15) is 0 Å². The summed E-state index contributed by atoms with van der Waals surface area (Å²) in [7, 11) is 0. The fourth-order valence-electron chi connectivity index (χ4n) is 3.32. The molecule has 1 aliphatic rings. The highest BCUT2D eigenvalue weighted by Crippen LogP contribution is 2.31. The molecule has 23 heavy (non-hydrogen) atoms. The van der Waals surface area contributed by atoms with E-state index >= 15 is 0 Å². The largest absolute Gasteiger partial charge is 0.481 e. The van der Waals surface area contributed by atoms with Gasteiger partial charge in [0.15, 0.2) is 0 Å². The predicted molar refractivity (Wildman–Crippen MR) is 89.8 cm³/mol. The number of hydrogen-bond donors (Lipinski definition) is 1. The molecular formula is C19H27NO3. The molecule has 1 saturated carbocycles. The van der Waals surface area contributed by atoms with Crippen molar-refractivity contribution in [2.24, 2.45) is 11.8 Å². The molecule has 1 aromatic rings. The number of hydrogen-bond acceptors (Lipinski definition) is 2. The lowest BCUT2D eigenvalue weighted by atomic mass is 9.80. The van der Waals surface area contributed by atoms with E-state index in [1.165, 1.54) is 0 Å². The Labute approximate surface area is 138 Å². The smallest absolute Gasteiger partial charge is 0.306 e. The van der Waals surface area contributed by atoms with Gasteiger partial charge in [-0.25, -0.2) is 0 Å². The van der Waals surface area contributed by atoms with Gasteiger partial charge in [-0.2, -0.15) is 0 Å². The first-order valence-electron chi connectivity index (χ1n) is 8.60. The van der Waals surface area contributed by atoms with Gasteiger partial charge in [-0.15, -0.1) is 0 Å². The van der Waals surface area contributed by atoms with Gasteiger partial charge < -0.3 is 10.0 Å². The molecule has 0 aliphatic heterocycles. The van der Waals surface area contributed by atoms with Crippen molar-refractivity contribution in [3.8, 4) is 0 Å². The van der Waals surface area contributed by atoms with Crippen LogP contribution in [0.2, 0.25) is 0 Å². The van der Waals surface area contributed by atoms with Crippen molar-refractivity contribution in [3.63, 3.8) is 0 Å². The van der Waals surface area contributed by atoms with Gasteiger partial charge in [0.05, 0.1) is 5.92 Å². The zero-order valence-electron chi connectivity index (χ0n) is 14.1. The molecule has 3 atom stereocenters. The van der Waals surface area contributed by atoms with Crippen molar-refractivity contribution in [1.29, 1.82) is 0 Å². The molecule has 126 valence electrons. The minimum atomic E-state index is -0.763. The van der Waals surface area contributed by atoms with Gasteiger partial charge in [-0.3, -0.25) is 9.59 Å². The van der Waals surface area contributed by atoms with Gasteiger partial charge in [0.2, 0.25) is 5.91 Å². The average molecular weight is 317 g/mol. The van der Waals surface area contributed by atoms with E-state index < -0.39 is 5.97 Å². The van der Waals surface area contributed by atoms with Crippen molar-refractivity contribution < 1.29 is 14.7 Å². The molecule has 2 rings (SSSR count). The molecule has 0 saturated heterocycles. The third kappa shape index (κ3) is 4.57. The second kappa shape index (κ2) is 8.14. The van der Waals surface area contributed by atoms with Gasteiger partial charge in [0, 0.05) is 18.5 Å². The quantitative estimate of drug-likeness (QED) is 0.870. The summed E-state index contributed by atoms with van der Waals surface area (Å²) in [5.74, 6) is -1.16. The number of carboxylic acid groups (broad SMARTS) is 1. The maximum Gasteiger partial charge on any atom is 0.306 e. The summed E-state index contributed by atoms with van der Waals surface area (Å²) in [5.41, 5.74) is 1.12. The standard InChI is InChI=1S/C19H27NO3/c1-3-14(2)20(13-15-8-5-4-6-9-15)18(21)16-10-7-11-17(12-16)19(22)23/h4-6,8-9,14,16-17H,3,7,10-13H2,1-2H3,(H,22,23). The van der Waals surface area contributed by atoms with Crippen molar-refractivity contribution in [1.82, 2.24) is 4.90 Å². The van der Waals surface area contributed by atoms with E-state index in [2.05, 4.69) is 13.8 Å². The van der Waals surface area contributed by atoms with Crippen LogP contribution in [0, 0.1) is 11.8 Å². The summed E-state index contributed by atoms with van der Waals surface area (Å²) in [6.07, 6.45) is 3.71. The fourth-order valence-corrected chi connectivity index (χ4v) is 3.32. The summed E-state index contributed by atoms with van der Waals surface area (Å²) >= 11 is 0. The minimum absolute atomic E-state index is 0.120. The Kier molecular flexibility index (Phi) is 6.20. The first-order chi connectivity index (χ1) is 11.0. The topological polar surface area (TPSA) is 57.6 Å². The van der Waals surface area contributed by atoms with Crippen LogP contribution in [-0.2, 0) is 16.1 Å². The minimum Gasteiger partial charge on any atom is -0.481 e. The van der Waals surface area contributed by atoms with Crippen molar-refractivity contribution in [2.75, 3.05) is 0 Å². The number of nitrogens with zero attached hydrogens (tertiary/aromatic N) is 1. The number of rotatable bonds is 6. The molecule has 1 fully saturated rings. The maximum atomic E-state index is 13.0. The predicted octanol–water partition coefficient (Wildman–Crippen LogP) is 3.70. The molecule has 3 unspecified atom stereocenters. The van der Waals surface area contributed by atoms with E-state index in [1.807, 2.05) is 35.2 Å². The second-order valence-electron chi connectivity index (χ2n) is 6.61. The zero-order valence-corrected chi connectivity index (χ0v) is 14.1. The van der Waals surface area contributed by atoms with E-state index in [1.54, 1.807) is 0 Å². The van der Waals surface area contributed by atoms with Gasteiger partial charge >= 0.3 is 5.97 Å². The van der Waals surface area contributed by atoms with Gasteiger partial charge in [-0.1, -0.05) is 43.7 Å². The van der Waals surface area contributed by atoms with Crippen LogP contribution in [0.4, 0.5) is 0 Å².